The molecule has 0 aromatic heterocycles. The first kappa shape index (κ1) is 66.5. The minimum atomic E-state index is -3.85. The van der Waals surface area contributed by atoms with Gasteiger partial charge in [0, 0.05) is 22.5 Å². The van der Waals surface area contributed by atoms with Crippen LogP contribution >= 0.6 is 46.3 Å². The van der Waals surface area contributed by atoms with Crippen LogP contribution in [-0.4, -0.2) is 36.4 Å². The predicted octanol–water partition coefficient (Wildman–Crippen LogP) is 12.1. The summed E-state index contributed by atoms with van der Waals surface area (Å²) in [4.78, 5) is 23.5. The SMILES string of the molecule is C.C.CCC(C)C(C)C(=O)Cl.CCC(C)C(C)C(=O)NS(=O)(=O)c1c(C)cc(C)c(C)c1C.Cc1cc(C)c(S(=O)(=O)Cl)c(C)c1C.Cc1cc(C)c(S(N)(=O)=O)c(C)c1C.I. The van der Waals surface area contributed by atoms with Crippen molar-refractivity contribution < 1.29 is 34.8 Å². The van der Waals surface area contributed by atoms with Gasteiger partial charge in [0.05, 0.1) is 14.7 Å². The van der Waals surface area contributed by atoms with Crippen LogP contribution in [0.15, 0.2) is 32.9 Å². The zero-order valence-electron chi connectivity index (χ0n) is 38.7. The highest BCUT2D eigenvalue weighted by Crippen LogP contribution is 2.29. The van der Waals surface area contributed by atoms with Gasteiger partial charge in [0.15, 0.2) is 0 Å². The smallest absolute Gasteiger partial charge is 0.264 e. The summed E-state index contributed by atoms with van der Waals surface area (Å²) in [6.07, 6.45) is 1.84. The van der Waals surface area contributed by atoms with Crippen LogP contribution in [0.4, 0.5) is 0 Å². The second kappa shape index (κ2) is 27.4. The number of hydrogen-bond acceptors (Lipinski definition) is 8. The Bertz CT molecular complexity index is 2260. The van der Waals surface area contributed by atoms with Crippen LogP contribution in [0, 0.1) is 107 Å². The molecule has 0 aliphatic heterocycles. The van der Waals surface area contributed by atoms with Gasteiger partial charge in [-0.15, -0.1) is 24.0 Å². The van der Waals surface area contributed by atoms with E-state index in [4.69, 9.17) is 27.4 Å². The Morgan fingerprint density at radius 1 is 0.548 bits per heavy atom. The fourth-order valence-corrected chi connectivity index (χ4v) is 11.0. The molecule has 62 heavy (non-hydrogen) atoms. The summed E-state index contributed by atoms with van der Waals surface area (Å²) in [6, 6.07) is 5.54. The van der Waals surface area contributed by atoms with Gasteiger partial charge in [-0.1, -0.05) is 87.4 Å². The molecule has 0 radical (unpaired) electrons. The Hall–Kier alpha value is -2.08. The van der Waals surface area contributed by atoms with Crippen LogP contribution in [0.5, 0.6) is 0 Å². The minimum Gasteiger partial charge on any atom is -0.281 e. The van der Waals surface area contributed by atoms with Gasteiger partial charge in [0.2, 0.25) is 21.2 Å². The summed E-state index contributed by atoms with van der Waals surface area (Å²) in [5.74, 6) is -0.220. The van der Waals surface area contributed by atoms with Crippen molar-refractivity contribution in [3.05, 3.63) is 85.0 Å². The number of amides is 1. The summed E-state index contributed by atoms with van der Waals surface area (Å²) in [6.45, 7) is 33.9. The first-order chi connectivity index (χ1) is 26.6. The third-order valence-electron chi connectivity index (χ3n) is 11.7. The molecule has 0 aliphatic rings. The van der Waals surface area contributed by atoms with Crippen molar-refractivity contribution in [1.29, 1.82) is 0 Å². The molecule has 0 bridgehead atoms. The molecule has 4 atom stereocenters. The van der Waals surface area contributed by atoms with E-state index in [-0.39, 0.29) is 76.5 Å². The Balaban J connectivity index is -0.000000372. The molecule has 3 rings (SSSR count). The zero-order valence-corrected chi connectivity index (χ0v) is 45.0. The van der Waals surface area contributed by atoms with Gasteiger partial charge in [0.1, 0.15) is 0 Å². The van der Waals surface area contributed by atoms with Crippen molar-refractivity contribution in [2.75, 3.05) is 0 Å². The zero-order chi connectivity index (χ0) is 46.9. The monoisotopic (exact) mass is 1080 g/mol. The summed E-state index contributed by atoms with van der Waals surface area (Å²) in [7, 11) is -5.72. The fourth-order valence-electron chi connectivity index (χ4n) is 6.47. The van der Waals surface area contributed by atoms with Crippen molar-refractivity contribution in [2.24, 2.45) is 28.8 Å². The van der Waals surface area contributed by atoms with Gasteiger partial charge in [-0.2, -0.15) is 0 Å². The maximum absolute atomic E-state index is 12.6. The molecule has 10 nitrogen and oxygen atoms in total. The van der Waals surface area contributed by atoms with E-state index in [0.29, 0.717) is 28.2 Å². The number of hydrogen-bond donors (Lipinski definition) is 2. The summed E-state index contributed by atoms with van der Waals surface area (Å²) >= 11 is 5.26. The molecule has 3 aromatic carbocycles. The Morgan fingerprint density at radius 2 is 0.839 bits per heavy atom. The molecule has 0 fully saturated rings. The minimum absolute atomic E-state index is 0. The molecule has 0 heterocycles. The number of primary sulfonamides is 1. The molecular formula is C46H77Cl2IN2O8S3. The van der Waals surface area contributed by atoms with Crippen LogP contribution in [0.2, 0.25) is 0 Å². The van der Waals surface area contributed by atoms with Crippen molar-refractivity contribution in [3.8, 4) is 0 Å². The van der Waals surface area contributed by atoms with Crippen LogP contribution in [0.25, 0.3) is 0 Å². The predicted molar refractivity (Wildman–Crippen MR) is 273 cm³/mol. The van der Waals surface area contributed by atoms with E-state index >= 15 is 0 Å². The molecule has 16 heteroatoms. The summed E-state index contributed by atoms with van der Waals surface area (Å²) in [5.41, 5.74) is 10.4. The molecule has 0 aliphatic carbocycles. The Kier molecular flexibility index (Phi) is 29.4. The van der Waals surface area contributed by atoms with Crippen LogP contribution < -0.4 is 9.86 Å². The number of nitrogens with two attached hydrogens (primary N) is 1. The molecule has 1 amide bonds. The number of aryl methyl sites for hydroxylation is 6. The molecule has 3 aromatic rings. The highest BCUT2D eigenvalue weighted by atomic mass is 127. The number of benzene rings is 3. The lowest BCUT2D eigenvalue weighted by atomic mass is 9.93. The normalized spacial score (nSPS) is 12.9. The molecule has 0 spiro atoms. The first-order valence-corrected chi connectivity index (χ1v) is 25.3. The highest BCUT2D eigenvalue weighted by Gasteiger charge is 2.28. The highest BCUT2D eigenvalue weighted by molar-refractivity contribution is 14.0. The quantitative estimate of drug-likeness (QED) is 0.149. The van der Waals surface area contributed by atoms with Crippen molar-refractivity contribution >= 4 is 86.5 Å². The van der Waals surface area contributed by atoms with E-state index in [9.17, 15) is 34.8 Å². The summed E-state index contributed by atoms with van der Waals surface area (Å²) < 4.78 is 72.8. The Morgan fingerprint density at radius 3 is 1.13 bits per heavy atom. The van der Waals surface area contributed by atoms with Gasteiger partial charge >= 0.3 is 0 Å². The largest absolute Gasteiger partial charge is 0.281 e. The van der Waals surface area contributed by atoms with Gasteiger partial charge in [-0.25, -0.2) is 35.1 Å². The molecular weight excluding hydrogens is 1000 g/mol. The molecule has 4 unspecified atom stereocenters. The molecule has 358 valence electrons. The lowest BCUT2D eigenvalue weighted by Gasteiger charge is -2.20. The number of carbonyl (C=O) groups is 2. The van der Waals surface area contributed by atoms with Gasteiger partial charge < -0.3 is 0 Å². The van der Waals surface area contributed by atoms with E-state index < -0.39 is 35.0 Å². The van der Waals surface area contributed by atoms with Gasteiger partial charge in [-0.3, -0.25) is 9.59 Å². The second-order valence-corrected chi connectivity index (χ2v) is 21.9. The number of carbonyl (C=O) groups excluding carboxylic acids is 2. The molecule has 3 N–H and O–H groups in total. The van der Waals surface area contributed by atoms with Gasteiger partial charge in [0.25, 0.3) is 19.1 Å². The van der Waals surface area contributed by atoms with E-state index in [1.54, 1.807) is 48.5 Å². The van der Waals surface area contributed by atoms with E-state index in [2.05, 4.69) is 11.6 Å². The second-order valence-electron chi connectivity index (χ2n) is 15.9. The van der Waals surface area contributed by atoms with Gasteiger partial charge in [-0.05, 0) is 173 Å². The lowest BCUT2D eigenvalue weighted by molar-refractivity contribution is -0.124. The number of nitrogens with one attached hydrogen (secondary N) is 1. The topological polar surface area (TPSA) is 175 Å². The number of rotatable bonds is 10. The molecule has 0 saturated heterocycles. The standard InChI is InChI=1S/C17H27NO3S.C10H13ClO2S.C10H15NO2S.C7H13ClO.2CH4.HI/c1-8-10(2)14(6)17(19)18-22(20,21)16-12(4)9-11(3)13(5)15(16)7;2*1-6-5-7(2)10(14(11,12)13)9(4)8(6)3;1-4-5(2)6(3)7(8)9;;;/h9-10,14H,8H2,1-7H3,(H,18,19);5H,1-4H3;5H,1-4H3,(H2,11,12,13);5-6H,4H2,1-3H3;2*1H4;1H. The first-order valence-electron chi connectivity index (χ1n) is 19.6. The number of sulfonamides is 2. The summed E-state index contributed by atoms with van der Waals surface area (Å²) in [5, 5.41) is 4.93. The number of halogens is 3. The third kappa shape index (κ3) is 18.4. The van der Waals surface area contributed by atoms with Crippen LogP contribution in [0.3, 0.4) is 0 Å². The average molecular weight is 1080 g/mol. The van der Waals surface area contributed by atoms with Crippen molar-refractivity contribution in [3.63, 3.8) is 0 Å². The van der Waals surface area contributed by atoms with Crippen molar-refractivity contribution in [1.82, 2.24) is 4.72 Å². The third-order valence-corrected chi connectivity index (χ3v) is 16.4. The maximum atomic E-state index is 12.6. The van der Waals surface area contributed by atoms with Crippen LogP contribution in [-0.2, 0) is 38.7 Å². The lowest BCUT2D eigenvalue weighted by Crippen LogP contribution is -2.37. The van der Waals surface area contributed by atoms with Crippen molar-refractivity contribution in [2.45, 2.75) is 167 Å². The molecule has 0 saturated carbocycles. The maximum Gasteiger partial charge on any atom is 0.264 e. The van der Waals surface area contributed by atoms with E-state index in [1.165, 1.54) is 0 Å². The Labute approximate surface area is 403 Å². The fraction of sp³-hybridized carbons (Fsp3) is 0.565. The van der Waals surface area contributed by atoms with Crippen LogP contribution in [0.1, 0.15) is 136 Å². The average Bonchev–Trinajstić information content (AvgIpc) is 3.09. The van der Waals surface area contributed by atoms with E-state index in [1.807, 2.05) is 87.4 Å². The van der Waals surface area contributed by atoms with E-state index in [0.717, 1.165) is 57.3 Å².